The van der Waals surface area contributed by atoms with E-state index in [-0.39, 0.29) is 4.68 Å². The Hall–Kier alpha value is -0.531. The van der Waals surface area contributed by atoms with Gasteiger partial charge in [-0.2, -0.15) is 0 Å². The first-order chi connectivity index (χ1) is 3.80. The van der Waals surface area contributed by atoms with Crippen molar-refractivity contribution in [2.75, 3.05) is 0 Å². The van der Waals surface area contributed by atoms with Crippen LogP contribution in [0.15, 0.2) is 23.0 Å². The summed E-state index contributed by atoms with van der Waals surface area (Å²) in [5.74, 6) is 0. The van der Waals surface area contributed by atoms with Crippen LogP contribution in [0.5, 0.6) is 0 Å². The minimum absolute atomic E-state index is 0.0845. The zero-order valence-corrected chi connectivity index (χ0v) is 5.67. The summed E-state index contributed by atoms with van der Waals surface area (Å²) in [6, 6.07) is 1.61. The standard InChI is InChI=1S/C5H3O2Se/c6-5(8)4-1-2-7-3-4/h1-3H. The maximum atomic E-state index is 10.4. The molecule has 2 nitrogen and oxygen atoms in total. The summed E-state index contributed by atoms with van der Waals surface area (Å²) in [5.41, 5.74) is 0.574. The van der Waals surface area contributed by atoms with Crippen LogP contribution in [0.1, 0.15) is 10.4 Å². The molecular weight excluding hydrogens is 171 g/mol. The molecule has 0 aromatic carbocycles. The van der Waals surface area contributed by atoms with Crippen LogP contribution in [-0.4, -0.2) is 20.7 Å². The summed E-state index contributed by atoms with van der Waals surface area (Å²) < 4.78 is 4.55. The molecule has 8 heavy (non-hydrogen) atoms. The molecule has 0 aliphatic carbocycles. The first kappa shape index (κ1) is 5.60. The average molecular weight is 174 g/mol. The van der Waals surface area contributed by atoms with Crippen molar-refractivity contribution in [3.8, 4) is 0 Å². The third kappa shape index (κ3) is 0.997. The van der Waals surface area contributed by atoms with Gasteiger partial charge < -0.3 is 0 Å². The summed E-state index contributed by atoms with van der Waals surface area (Å²) in [7, 11) is 0. The Bertz CT molecular complexity index is 178. The van der Waals surface area contributed by atoms with Crippen molar-refractivity contribution < 1.29 is 9.21 Å². The second-order valence-corrected chi connectivity index (χ2v) is 2.08. The van der Waals surface area contributed by atoms with Gasteiger partial charge in [-0.1, -0.05) is 0 Å². The van der Waals surface area contributed by atoms with E-state index in [1.165, 1.54) is 12.5 Å². The van der Waals surface area contributed by atoms with Crippen molar-refractivity contribution in [2.45, 2.75) is 0 Å². The van der Waals surface area contributed by atoms with Crippen molar-refractivity contribution in [3.05, 3.63) is 24.2 Å². The zero-order chi connectivity index (χ0) is 5.98. The molecule has 0 saturated carbocycles. The number of hydrogen-bond acceptors (Lipinski definition) is 2. The van der Waals surface area contributed by atoms with E-state index in [4.69, 9.17) is 0 Å². The van der Waals surface area contributed by atoms with Gasteiger partial charge >= 0.3 is 54.1 Å². The SMILES string of the molecule is O=C([Se])c1ccoc1. The van der Waals surface area contributed by atoms with Crippen molar-refractivity contribution >= 4 is 20.7 Å². The van der Waals surface area contributed by atoms with Crippen molar-refractivity contribution in [1.82, 2.24) is 0 Å². The van der Waals surface area contributed by atoms with Crippen molar-refractivity contribution in [1.29, 1.82) is 0 Å². The molecule has 0 aliphatic heterocycles. The Morgan fingerprint density at radius 3 is 2.75 bits per heavy atom. The van der Waals surface area contributed by atoms with E-state index < -0.39 is 0 Å². The molecule has 3 heteroatoms. The molecule has 0 saturated heterocycles. The zero-order valence-electron chi connectivity index (χ0n) is 3.96. The van der Waals surface area contributed by atoms with Crippen LogP contribution in [0.4, 0.5) is 0 Å². The van der Waals surface area contributed by atoms with Crippen LogP contribution in [-0.2, 0) is 0 Å². The van der Waals surface area contributed by atoms with Crippen LogP contribution >= 0.6 is 0 Å². The second-order valence-electron chi connectivity index (χ2n) is 1.30. The van der Waals surface area contributed by atoms with E-state index in [2.05, 4.69) is 20.4 Å². The molecule has 0 bridgehead atoms. The van der Waals surface area contributed by atoms with Gasteiger partial charge in [-0.25, -0.2) is 0 Å². The average Bonchev–Trinajstić information content (AvgIpc) is 2.12. The summed E-state index contributed by atoms with van der Waals surface area (Å²) >= 11 is 2.34. The monoisotopic (exact) mass is 175 g/mol. The van der Waals surface area contributed by atoms with Gasteiger partial charge in [0.15, 0.2) is 0 Å². The predicted octanol–water partition coefficient (Wildman–Crippen LogP) is 0.588. The van der Waals surface area contributed by atoms with Crippen molar-refractivity contribution in [3.63, 3.8) is 0 Å². The van der Waals surface area contributed by atoms with Gasteiger partial charge in [0.25, 0.3) is 0 Å². The fourth-order valence-corrected chi connectivity index (χ4v) is 0.624. The molecule has 0 aliphatic rings. The fourth-order valence-electron chi connectivity index (χ4n) is 0.381. The Morgan fingerprint density at radius 1 is 1.75 bits per heavy atom. The van der Waals surface area contributed by atoms with E-state index >= 15 is 0 Å². The molecule has 1 heterocycles. The summed E-state index contributed by atoms with van der Waals surface area (Å²) in [6.07, 6.45) is 2.86. The molecule has 1 aromatic rings. The second kappa shape index (κ2) is 2.16. The Balaban J connectivity index is 2.93. The summed E-state index contributed by atoms with van der Waals surface area (Å²) in [4.78, 5) is 10.4. The van der Waals surface area contributed by atoms with Gasteiger partial charge in [-0.15, -0.1) is 0 Å². The molecule has 0 unspecified atom stereocenters. The molecule has 1 radical (unpaired) electrons. The summed E-state index contributed by atoms with van der Waals surface area (Å²) in [6.45, 7) is 0. The van der Waals surface area contributed by atoms with Gasteiger partial charge in [0.05, 0.1) is 0 Å². The number of furan rings is 1. The van der Waals surface area contributed by atoms with E-state index in [0.29, 0.717) is 5.56 Å². The van der Waals surface area contributed by atoms with Gasteiger partial charge in [0.1, 0.15) is 0 Å². The molecule has 1 aromatic heterocycles. The molecule has 0 N–H and O–H groups in total. The normalized spacial score (nSPS) is 9.00. The Kier molecular flexibility index (Phi) is 1.51. The third-order valence-corrected chi connectivity index (χ3v) is 1.25. The summed E-state index contributed by atoms with van der Waals surface area (Å²) in [5, 5.41) is 0. The fraction of sp³-hybridized carbons (Fsp3) is 0. The third-order valence-electron chi connectivity index (χ3n) is 0.757. The number of rotatable bonds is 1. The topological polar surface area (TPSA) is 30.2 Å². The Morgan fingerprint density at radius 2 is 2.50 bits per heavy atom. The number of carbonyl (C=O) groups excluding carboxylic acids is 1. The van der Waals surface area contributed by atoms with Crippen LogP contribution in [0.2, 0.25) is 0 Å². The molecule has 0 atom stereocenters. The number of hydrogen-bond donors (Lipinski definition) is 0. The molecular formula is C5H3O2Se. The first-order valence-electron chi connectivity index (χ1n) is 2.04. The minimum atomic E-state index is -0.0845. The molecule has 41 valence electrons. The molecule has 0 amide bonds. The van der Waals surface area contributed by atoms with E-state index in [9.17, 15) is 4.79 Å². The van der Waals surface area contributed by atoms with Gasteiger partial charge in [0, 0.05) is 0 Å². The van der Waals surface area contributed by atoms with Crippen molar-refractivity contribution in [2.24, 2.45) is 0 Å². The predicted molar refractivity (Wildman–Crippen MR) is 28.8 cm³/mol. The van der Waals surface area contributed by atoms with Gasteiger partial charge in [-0.05, 0) is 0 Å². The quantitative estimate of drug-likeness (QED) is 0.583. The van der Waals surface area contributed by atoms with Crippen LogP contribution < -0.4 is 0 Å². The molecule has 0 fully saturated rings. The first-order valence-corrected chi connectivity index (χ1v) is 2.90. The van der Waals surface area contributed by atoms with Crippen LogP contribution in [0, 0.1) is 0 Å². The van der Waals surface area contributed by atoms with E-state index in [1.807, 2.05) is 0 Å². The molecule has 1 rings (SSSR count). The molecule has 0 spiro atoms. The van der Waals surface area contributed by atoms with E-state index in [0.717, 1.165) is 0 Å². The maximum absolute atomic E-state index is 10.4. The number of carbonyl (C=O) groups is 1. The Labute approximate surface area is 54.7 Å². The van der Waals surface area contributed by atoms with Gasteiger partial charge in [-0.3, -0.25) is 0 Å². The van der Waals surface area contributed by atoms with E-state index in [1.54, 1.807) is 6.07 Å². The van der Waals surface area contributed by atoms with Crippen LogP contribution in [0.25, 0.3) is 0 Å². The van der Waals surface area contributed by atoms with Crippen LogP contribution in [0.3, 0.4) is 0 Å². The van der Waals surface area contributed by atoms with Gasteiger partial charge in [0.2, 0.25) is 0 Å².